The van der Waals surface area contributed by atoms with Crippen LogP contribution in [0.3, 0.4) is 0 Å². The number of thiophene rings is 1. The molecule has 6 rings (SSSR count). The summed E-state index contributed by atoms with van der Waals surface area (Å²) in [6, 6.07) is 10.8. The molecule has 5 aromatic rings. The molecule has 1 fully saturated rings. The molecule has 2 N–H and O–H groups in total. The molecule has 8 nitrogen and oxygen atoms in total. The first kappa shape index (κ1) is 28.9. The van der Waals surface area contributed by atoms with Crippen molar-refractivity contribution in [3.63, 3.8) is 0 Å². The number of primary amides is 1. The minimum absolute atomic E-state index is 0.0321. The van der Waals surface area contributed by atoms with Crippen molar-refractivity contribution in [3.8, 4) is 27.4 Å². The molecule has 4 aromatic heterocycles. The van der Waals surface area contributed by atoms with Gasteiger partial charge in [-0.2, -0.15) is 18.3 Å². The molecule has 5 heterocycles. The fraction of sp³-hybridized carbons (Fsp3) is 0.323. The first-order valence-corrected chi connectivity index (χ1v) is 15.0. The summed E-state index contributed by atoms with van der Waals surface area (Å²) in [5.74, 6) is -0.600. The van der Waals surface area contributed by atoms with E-state index in [1.807, 2.05) is 39.8 Å². The molecule has 0 saturated carbocycles. The van der Waals surface area contributed by atoms with E-state index in [0.717, 1.165) is 54.7 Å². The van der Waals surface area contributed by atoms with Crippen molar-refractivity contribution in [2.75, 3.05) is 19.6 Å². The predicted octanol–water partition coefficient (Wildman–Crippen LogP) is 6.67. The van der Waals surface area contributed by atoms with E-state index in [1.54, 1.807) is 12.3 Å². The highest BCUT2D eigenvalue weighted by molar-refractivity contribution is 7.17. The van der Waals surface area contributed by atoms with Gasteiger partial charge >= 0.3 is 6.18 Å². The number of nitrogens with two attached hydrogens (primary N) is 1. The van der Waals surface area contributed by atoms with Crippen LogP contribution in [0.2, 0.25) is 0 Å². The number of rotatable bonds is 9. The maximum Gasteiger partial charge on any atom is 0.416 e. The number of hydrogen-bond donors (Lipinski definition) is 1. The van der Waals surface area contributed by atoms with Crippen molar-refractivity contribution in [2.24, 2.45) is 5.73 Å². The standard InChI is InChI=1S/C31H31F3N6O2S/c1-20(23-7-3-4-8-24(23)31(32,33)34)42-26-16-27(43-29(26)30(35)41)25-18-36-28-15-21(9-12-40(25)28)22-17-37-39(19-22)14-13-38-10-5-2-6-11-38/h3-4,7-9,12,15-20H,2,5-6,10-11,13-14H2,1H3,(H2,35,41). The average Bonchev–Trinajstić information content (AvgIpc) is 3.74. The summed E-state index contributed by atoms with van der Waals surface area (Å²) >= 11 is 1.11. The maximum atomic E-state index is 13.6. The van der Waals surface area contributed by atoms with Crippen LogP contribution in [0.5, 0.6) is 5.75 Å². The van der Waals surface area contributed by atoms with Gasteiger partial charge in [-0.05, 0) is 56.6 Å². The lowest BCUT2D eigenvalue weighted by molar-refractivity contribution is -0.139. The van der Waals surface area contributed by atoms with Crippen molar-refractivity contribution in [2.45, 2.75) is 45.0 Å². The summed E-state index contributed by atoms with van der Waals surface area (Å²) in [6.07, 6.45) is 5.78. The second-order valence-electron chi connectivity index (χ2n) is 10.7. The molecule has 12 heteroatoms. The van der Waals surface area contributed by atoms with Crippen LogP contribution >= 0.6 is 11.3 Å². The lowest BCUT2D eigenvalue weighted by atomic mass is 10.0. The molecular formula is C31H31F3N6O2S. The van der Waals surface area contributed by atoms with Crippen molar-refractivity contribution < 1.29 is 22.7 Å². The summed E-state index contributed by atoms with van der Waals surface area (Å²) in [6.45, 7) is 5.63. The van der Waals surface area contributed by atoms with Gasteiger partial charge in [0.15, 0.2) is 0 Å². The van der Waals surface area contributed by atoms with Gasteiger partial charge < -0.3 is 15.4 Å². The van der Waals surface area contributed by atoms with Crippen LogP contribution in [-0.2, 0) is 12.7 Å². The lowest BCUT2D eigenvalue weighted by Gasteiger charge is -2.26. The number of hydrogen-bond acceptors (Lipinski definition) is 6. The van der Waals surface area contributed by atoms with E-state index in [4.69, 9.17) is 10.5 Å². The fourth-order valence-electron chi connectivity index (χ4n) is 5.53. The van der Waals surface area contributed by atoms with E-state index >= 15 is 0 Å². The number of pyridine rings is 1. The second kappa shape index (κ2) is 11.8. The van der Waals surface area contributed by atoms with E-state index in [-0.39, 0.29) is 16.2 Å². The highest BCUT2D eigenvalue weighted by Gasteiger charge is 2.35. The van der Waals surface area contributed by atoms with Gasteiger partial charge in [-0.15, -0.1) is 11.3 Å². The Balaban J connectivity index is 1.23. The van der Waals surface area contributed by atoms with Crippen LogP contribution in [0.15, 0.2) is 67.3 Å². The zero-order valence-corrected chi connectivity index (χ0v) is 24.4. The Morgan fingerprint density at radius 3 is 2.63 bits per heavy atom. The zero-order valence-electron chi connectivity index (χ0n) is 23.6. The van der Waals surface area contributed by atoms with E-state index < -0.39 is 23.8 Å². The van der Waals surface area contributed by atoms with Gasteiger partial charge in [0, 0.05) is 36.1 Å². The van der Waals surface area contributed by atoms with Crippen LogP contribution in [0.4, 0.5) is 13.2 Å². The number of benzene rings is 1. The second-order valence-corrected chi connectivity index (χ2v) is 11.7. The van der Waals surface area contributed by atoms with Gasteiger partial charge in [0.2, 0.25) is 0 Å². The number of ether oxygens (including phenoxy) is 1. The maximum absolute atomic E-state index is 13.6. The fourth-order valence-corrected chi connectivity index (χ4v) is 6.48. The van der Waals surface area contributed by atoms with Crippen LogP contribution in [0, 0.1) is 0 Å². The SMILES string of the molecule is CC(Oc1cc(-c2cnc3cc(-c4cnn(CCN5CCCCC5)c4)ccn23)sc1C(N)=O)c1ccccc1C(F)(F)F. The Kier molecular flexibility index (Phi) is 7.97. The largest absolute Gasteiger partial charge is 0.484 e. The third kappa shape index (κ3) is 6.16. The number of carbonyl (C=O) groups excluding carboxylic acids is 1. The molecule has 1 atom stereocenters. The van der Waals surface area contributed by atoms with E-state index in [9.17, 15) is 18.0 Å². The summed E-state index contributed by atoms with van der Waals surface area (Å²) in [5.41, 5.74) is 8.17. The Morgan fingerprint density at radius 2 is 1.86 bits per heavy atom. The first-order valence-electron chi connectivity index (χ1n) is 14.2. The third-order valence-electron chi connectivity index (χ3n) is 7.76. The minimum atomic E-state index is -4.54. The number of likely N-dealkylation sites (tertiary alicyclic amines) is 1. The summed E-state index contributed by atoms with van der Waals surface area (Å²) < 4.78 is 50.6. The molecule has 1 unspecified atom stereocenters. The molecule has 1 saturated heterocycles. The Morgan fingerprint density at radius 1 is 1.07 bits per heavy atom. The van der Waals surface area contributed by atoms with Gasteiger partial charge in [0.05, 0.1) is 35.1 Å². The molecule has 1 aliphatic heterocycles. The minimum Gasteiger partial charge on any atom is -0.484 e. The lowest BCUT2D eigenvalue weighted by Crippen LogP contribution is -2.32. The van der Waals surface area contributed by atoms with Crippen LogP contribution < -0.4 is 10.5 Å². The van der Waals surface area contributed by atoms with Crippen LogP contribution in [0.1, 0.15) is 53.1 Å². The topological polar surface area (TPSA) is 90.7 Å². The van der Waals surface area contributed by atoms with Gasteiger partial charge in [0.1, 0.15) is 22.4 Å². The van der Waals surface area contributed by atoms with Crippen molar-refractivity contribution in [1.29, 1.82) is 0 Å². The van der Waals surface area contributed by atoms with Gasteiger partial charge in [-0.25, -0.2) is 4.98 Å². The highest BCUT2D eigenvalue weighted by atomic mass is 32.1. The molecule has 43 heavy (non-hydrogen) atoms. The van der Waals surface area contributed by atoms with E-state index in [0.29, 0.717) is 16.2 Å². The average molecular weight is 609 g/mol. The van der Waals surface area contributed by atoms with Crippen LogP contribution in [-0.4, -0.2) is 49.6 Å². The zero-order chi connectivity index (χ0) is 30.1. The van der Waals surface area contributed by atoms with Gasteiger partial charge in [-0.3, -0.25) is 13.9 Å². The quantitative estimate of drug-likeness (QED) is 0.202. The molecular weight excluding hydrogens is 577 g/mol. The molecule has 0 radical (unpaired) electrons. The number of halogens is 3. The molecule has 0 aliphatic carbocycles. The van der Waals surface area contributed by atoms with E-state index in [2.05, 4.69) is 15.0 Å². The molecule has 0 spiro atoms. The molecule has 1 aromatic carbocycles. The van der Waals surface area contributed by atoms with Crippen molar-refractivity contribution >= 4 is 22.9 Å². The van der Waals surface area contributed by atoms with Crippen molar-refractivity contribution in [3.05, 3.63) is 83.3 Å². The first-order chi connectivity index (χ1) is 20.7. The number of fused-ring (bicyclic) bond motifs is 1. The molecule has 1 amide bonds. The number of amides is 1. The Labute approximate surface area is 250 Å². The van der Waals surface area contributed by atoms with Crippen molar-refractivity contribution in [1.82, 2.24) is 24.1 Å². The molecule has 0 bridgehead atoms. The number of piperidine rings is 1. The summed E-state index contributed by atoms with van der Waals surface area (Å²) in [4.78, 5) is 20.1. The predicted molar refractivity (Wildman–Crippen MR) is 159 cm³/mol. The number of alkyl halides is 3. The smallest absolute Gasteiger partial charge is 0.416 e. The molecule has 1 aliphatic rings. The third-order valence-corrected chi connectivity index (χ3v) is 8.91. The van der Waals surface area contributed by atoms with Crippen LogP contribution in [0.25, 0.3) is 27.3 Å². The summed E-state index contributed by atoms with van der Waals surface area (Å²) in [7, 11) is 0. The highest BCUT2D eigenvalue weighted by Crippen LogP contribution is 2.40. The normalized spacial score (nSPS) is 15.2. The van der Waals surface area contributed by atoms with E-state index in [1.165, 1.54) is 44.4 Å². The molecule has 224 valence electrons. The summed E-state index contributed by atoms with van der Waals surface area (Å²) in [5, 5.41) is 4.55. The number of imidazole rings is 1. The Bertz CT molecular complexity index is 1750. The number of aromatic nitrogens is 4. The van der Waals surface area contributed by atoms with Gasteiger partial charge in [0.25, 0.3) is 5.91 Å². The monoisotopic (exact) mass is 608 g/mol. The number of nitrogens with zero attached hydrogens (tertiary/aromatic N) is 5. The van der Waals surface area contributed by atoms with Gasteiger partial charge in [-0.1, -0.05) is 24.6 Å². The number of carbonyl (C=O) groups is 1. The Hall–Kier alpha value is -4.16.